The third kappa shape index (κ3) is 2.80. The number of halogens is 1. The summed E-state index contributed by atoms with van der Waals surface area (Å²) in [4.78, 5) is 0.144. The number of benzene rings is 1. The summed E-state index contributed by atoms with van der Waals surface area (Å²) in [5, 5.41) is 6.69. The quantitative estimate of drug-likeness (QED) is 0.878. The summed E-state index contributed by atoms with van der Waals surface area (Å²) in [5.74, 6) is 0.569. The third-order valence-corrected chi connectivity index (χ3v) is 4.77. The molecule has 6 nitrogen and oxygen atoms in total. The smallest absolute Gasteiger partial charge is 0.262 e. The fourth-order valence-corrected chi connectivity index (χ4v) is 3.61. The van der Waals surface area contributed by atoms with Gasteiger partial charge < -0.3 is 4.74 Å². The van der Waals surface area contributed by atoms with Crippen molar-refractivity contribution in [2.24, 2.45) is 0 Å². The van der Waals surface area contributed by atoms with Crippen molar-refractivity contribution >= 4 is 31.6 Å². The molecule has 2 rings (SSSR count). The highest BCUT2D eigenvalue weighted by molar-refractivity contribution is 9.10. The highest BCUT2D eigenvalue weighted by atomic mass is 79.9. The van der Waals surface area contributed by atoms with Gasteiger partial charge in [-0.1, -0.05) is 0 Å². The molecular weight excluding hydrogens is 346 g/mol. The van der Waals surface area contributed by atoms with Crippen LogP contribution < -0.4 is 9.46 Å². The molecule has 1 heterocycles. The lowest BCUT2D eigenvalue weighted by Gasteiger charge is -2.10. The normalized spacial score (nSPS) is 11.4. The topological polar surface area (TPSA) is 84.1 Å². The van der Waals surface area contributed by atoms with Gasteiger partial charge in [-0.3, -0.25) is 9.82 Å². The van der Waals surface area contributed by atoms with E-state index in [1.165, 1.54) is 19.2 Å². The number of H-pyrrole nitrogens is 1. The first-order chi connectivity index (χ1) is 9.35. The number of aryl methyl sites for hydroxylation is 2. The number of hydrogen-bond acceptors (Lipinski definition) is 4. The number of sulfonamides is 1. The Bertz CT molecular complexity index is 721. The highest BCUT2D eigenvalue weighted by Gasteiger charge is 2.19. The van der Waals surface area contributed by atoms with E-state index in [1.807, 2.05) is 0 Å². The molecule has 0 atom stereocenters. The number of anilines is 1. The van der Waals surface area contributed by atoms with Gasteiger partial charge >= 0.3 is 0 Å². The predicted molar refractivity (Wildman–Crippen MR) is 79.6 cm³/mol. The van der Waals surface area contributed by atoms with Gasteiger partial charge in [0.15, 0.2) is 0 Å². The lowest BCUT2D eigenvalue weighted by atomic mass is 10.3. The molecule has 0 aliphatic heterocycles. The molecular formula is C12H14BrN3O3S. The number of ether oxygens (including phenoxy) is 1. The van der Waals surface area contributed by atoms with Crippen molar-refractivity contribution in [1.29, 1.82) is 0 Å². The number of hydrogen-bond donors (Lipinski definition) is 2. The molecule has 0 bridgehead atoms. The summed E-state index contributed by atoms with van der Waals surface area (Å²) >= 11 is 3.27. The number of rotatable bonds is 4. The molecule has 0 saturated carbocycles. The maximum Gasteiger partial charge on any atom is 0.262 e. The summed E-state index contributed by atoms with van der Waals surface area (Å²) in [6.07, 6.45) is 0. The SMILES string of the molecule is COc1ccc(S(=O)(=O)Nc2c(C)n[nH]c2C)cc1Br. The van der Waals surface area contributed by atoms with Crippen LogP contribution >= 0.6 is 15.9 Å². The summed E-state index contributed by atoms with van der Waals surface area (Å²) in [5.41, 5.74) is 1.73. The largest absolute Gasteiger partial charge is 0.496 e. The minimum Gasteiger partial charge on any atom is -0.496 e. The van der Waals surface area contributed by atoms with Crippen molar-refractivity contribution in [2.45, 2.75) is 18.7 Å². The molecule has 0 unspecified atom stereocenters. The second-order valence-electron chi connectivity index (χ2n) is 4.21. The Morgan fingerprint density at radius 2 is 2.05 bits per heavy atom. The lowest BCUT2D eigenvalue weighted by molar-refractivity contribution is 0.411. The van der Waals surface area contributed by atoms with Crippen LogP contribution in [0.25, 0.3) is 0 Å². The van der Waals surface area contributed by atoms with Crippen LogP contribution in [0.1, 0.15) is 11.4 Å². The van der Waals surface area contributed by atoms with Crippen molar-refractivity contribution in [3.63, 3.8) is 0 Å². The van der Waals surface area contributed by atoms with Gasteiger partial charge in [0.2, 0.25) is 0 Å². The van der Waals surface area contributed by atoms with Crippen LogP contribution in [0.15, 0.2) is 27.6 Å². The van der Waals surface area contributed by atoms with Crippen LogP contribution in [0.3, 0.4) is 0 Å². The van der Waals surface area contributed by atoms with Crippen molar-refractivity contribution in [3.05, 3.63) is 34.1 Å². The summed E-state index contributed by atoms with van der Waals surface area (Å²) in [6, 6.07) is 4.57. The average Bonchev–Trinajstić information content (AvgIpc) is 2.70. The molecule has 1 aromatic carbocycles. The van der Waals surface area contributed by atoms with Crippen LogP contribution in [0.2, 0.25) is 0 Å². The Kier molecular flexibility index (Phi) is 4.05. The first kappa shape index (κ1) is 14.9. The van der Waals surface area contributed by atoms with Gasteiger partial charge in [-0.05, 0) is 48.0 Å². The van der Waals surface area contributed by atoms with E-state index in [4.69, 9.17) is 4.74 Å². The number of nitrogens with one attached hydrogen (secondary N) is 2. The molecule has 0 amide bonds. The molecule has 0 radical (unpaired) electrons. The zero-order valence-corrected chi connectivity index (χ0v) is 13.6. The Morgan fingerprint density at radius 3 is 2.55 bits per heavy atom. The van der Waals surface area contributed by atoms with Gasteiger partial charge in [0.25, 0.3) is 10.0 Å². The van der Waals surface area contributed by atoms with E-state index < -0.39 is 10.0 Å². The maximum absolute atomic E-state index is 12.3. The minimum atomic E-state index is -3.67. The molecule has 1 aromatic heterocycles. The fourth-order valence-electron chi connectivity index (χ4n) is 1.71. The average molecular weight is 360 g/mol. The Balaban J connectivity index is 2.38. The molecule has 2 N–H and O–H groups in total. The zero-order chi connectivity index (χ0) is 14.9. The van der Waals surface area contributed by atoms with E-state index >= 15 is 0 Å². The van der Waals surface area contributed by atoms with E-state index in [0.29, 0.717) is 27.3 Å². The molecule has 20 heavy (non-hydrogen) atoms. The van der Waals surface area contributed by atoms with Gasteiger partial charge in [-0.15, -0.1) is 0 Å². The Morgan fingerprint density at radius 1 is 1.35 bits per heavy atom. The first-order valence-electron chi connectivity index (χ1n) is 5.73. The fraction of sp³-hybridized carbons (Fsp3) is 0.250. The molecule has 8 heteroatoms. The van der Waals surface area contributed by atoms with Gasteiger partial charge in [0.1, 0.15) is 5.75 Å². The van der Waals surface area contributed by atoms with Crippen LogP contribution in [0.5, 0.6) is 5.75 Å². The molecule has 0 saturated heterocycles. The predicted octanol–water partition coefficient (Wildman–Crippen LogP) is 2.60. The number of aromatic nitrogens is 2. The molecule has 0 spiro atoms. The Hall–Kier alpha value is -1.54. The zero-order valence-electron chi connectivity index (χ0n) is 11.2. The number of nitrogens with zero attached hydrogens (tertiary/aromatic N) is 1. The lowest BCUT2D eigenvalue weighted by Crippen LogP contribution is -2.14. The van der Waals surface area contributed by atoms with E-state index in [-0.39, 0.29) is 4.90 Å². The van der Waals surface area contributed by atoms with E-state index in [1.54, 1.807) is 19.9 Å². The van der Waals surface area contributed by atoms with Crippen LogP contribution in [0.4, 0.5) is 5.69 Å². The van der Waals surface area contributed by atoms with Gasteiger partial charge in [-0.25, -0.2) is 8.42 Å². The van der Waals surface area contributed by atoms with Crippen molar-refractivity contribution in [2.75, 3.05) is 11.8 Å². The van der Waals surface area contributed by atoms with Crippen molar-refractivity contribution < 1.29 is 13.2 Å². The van der Waals surface area contributed by atoms with E-state index in [2.05, 4.69) is 30.8 Å². The van der Waals surface area contributed by atoms with Crippen molar-refractivity contribution in [1.82, 2.24) is 10.2 Å². The second-order valence-corrected chi connectivity index (χ2v) is 6.75. The molecule has 2 aromatic rings. The van der Waals surface area contributed by atoms with E-state index in [0.717, 1.165) is 0 Å². The molecule has 0 aliphatic rings. The second kappa shape index (κ2) is 5.45. The summed E-state index contributed by atoms with van der Waals surface area (Å²) < 4.78 is 32.9. The summed E-state index contributed by atoms with van der Waals surface area (Å²) in [6.45, 7) is 3.48. The molecule has 0 aliphatic carbocycles. The van der Waals surface area contributed by atoms with Crippen molar-refractivity contribution in [3.8, 4) is 5.75 Å². The molecule has 0 fully saturated rings. The van der Waals surface area contributed by atoms with Gasteiger partial charge in [0.05, 0.1) is 33.6 Å². The van der Waals surface area contributed by atoms with Gasteiger partial charge in [-0.2, -0.15) is 5.10 Å². The standard InChI is InChI=1S/C12H14BrN3O3S/c1-7-12(8(2)15-14-7)16-20(17,18)9-4-5-11(19-3)10(13)6-9/h4-6,16H,1-3H3,(H,14,15). The minimum absolute atomic E-state index is 0.144. The van der Waals surface area contributed by atoms with Crippen LogP contribution in [-0.4, -0.2) is 25.7 Å². The van der Waals surface area contributed by atoms with E-state index in [9.17, 15) is 8.42 Å². The Labute approximate surface area is 125 Å². The van der Waals surface area contributed by atoms with Gasteiger partial charge in [0, 0.05) is 0 Å². The number of aromatic amines is 1. The highest BCUT2D eigenvalue weighted by Crippen LogP contribution is 2.29. The van der Waals surface area contributed by atoms with Crippen LogP contribution in [-0.2, 0) is 10.0 Å². The summed E-state index contributed by atoms with van der Waals surface area (Å²) in [7, 11) is -2.15. The molecule has 108 valence electrons. The third-order valence-electron chi connectivity index (χ3n) is 2.80. The van der Waals surface area contributed by atoms with Crippen LogP contribution in [0, 0.1) is 13.8 Å². The maximum atomic E-state index is 12.3. The first-order valence-corrected chi connectivity index (χ1v) is 8.00. The monoisotopic (exact) mass is 359 g/mol. The number of methoxy groups -OCH3 is 1.